The van der Waals surface area contributed by atoms with E-state index < -0.39 is 0 Å². The summed E-state index contributed by atoms with van der Waals surface area (Å²) in [6, 6.07) is 17.7. The number of hydroxylamine groups is 1. The Bertz CT molecular complexity index is 468. The van der Waals surface area contributed by atoms with Crippen LogP contribution in [0.3, 0.4) is 0 Å². The van der Waals surface area contributed by atoms with Crippen LogP contribution in [0.2, 0.25) is 0 Å². The number of rotatable bonds is 5. The van der Waals surface area contributed by atoms with Gasteiger partial charge < -0.3 is 9.94 Å². The normalized spacial score (nSPS) is 12.1. The number of nitrogens with one attached hydrogen (secondary N) is 1. The van der Waals surface area contributed by atoms with Crippen molar-refractivity contribution in [2.75, 3.05) is 0 Å². The fourth-order valence-corrected chi connectivity index (χ4v) is 1.67. The number of benzene rings is 2. The maximum absolute atomic E-state index is 8.83. The maximum atomic E-state index is 8.83. The van der Waals surface area contributed by atoms with Crippen molar-refractivity contribution in [2.24, 2.45) is 0 Å². The third kappa shape index (κ3) is 3.32. The van der Waals surface area contributed by atoms with Gasteiger partial charge in [-0.3, -0.25) is 0 Å². The van der Waals surface area contributed by atoms with E-state index in [9.17, 15) is 0 Å². The maximum Gasteiger partial charge on any atom is 0.119 e. The minimum absolute atomic E-state index is 0.0758. The molecule has 2 aromatic rings. The molecule has 0 saturated carbocycles. The van der Waals surface area contributed by atoms with Crippen LogP contribution >= 0.6 is 0 Å². The standard InChI is InChI=1S/C15H17NO2/c1-12(16-17)14-7-9-15(10-8-14)18-11-13-5-3-2-4-6-13/h2-10,12,16-17H,11H2,1H3. The van der Waals surface area contributed by atoms with Crippen molar-refractivity contribution in [3.8, 4) is 5.75 Å². The molecular weight excluding hydrogens is 226 g/mol. The van der Waals surface area contributed by atoms with Gasteiger partial charge in [-0.05, 0) is 30.2 Å². The van der Waals surface area contributed by atoms with E-state index in [4.69, 9.17) is 9.94 Å². The molecule has 18 heavy (non-hydrogen) atoms. The van der Waals surface area contributed by atoms with Crippen molar-refractivity contribution < 1.29 is 9.94 Å². The average molecular weight is 243 g/mol. The van der Waals surface area contributed by atoms with Gasteiger partial charge in [-0.2, -0.15) is 5.48 Å². The van der Waals surface area contributed by atoms with Crippen LogP contribution in [-0.4, -0.2) is 5.21 Å². The summed E-state index contributed by atoms with van der Waals surface area (Å²) in [5.41, 5.74) is 4.38. The molecule has 0 amide bonds. The second-order valence-corrected chi connectivity index (χ2v) is 4.19. The van der Waals surface area contributed by atoms with E-state index in [1.54, 1.807) is 0 Å². The van der Waals surface area contributed by atoms with Crippen molar-refractivity contribution in [3.63, 3.8) is 0 Å². The highest BCUT2D eigenvalue weighted by molar-refractivity contribution is 5.29. The van der Waals surface area contributed by atoms with E-state index in [0.29, 0.717) is 6.61 Å². The van der Waals surface area contributed by atoms with Gasteiger partial charge in [0.1, 0.15) is 12.4 Å². The lowest BCUT2D eigenvalue weighted by molar-refractivity contribution is 0.133. The Balaban J connectivity index is 1.94. The van der Waals surface area contributed by atoms with Gasteiger partial charge in [0.2, 0.25) is 0 Å². The third-order valence-electron chi connectivity index (χ3n) is 2.82. The summed E-state index contributed by atoms with van der Waals surface area (Å²) >= 11 is 0. The zero-order chi connectivity index (χ0) is 12.8. The topological polar surface area (TPSA) is 41.5 Å². The smallest absolute Gasteiger partial charge is 0.119 e. The summed E-state index contributed by atoms with van der Waals surface area (Å²) < 4.78 is 5.68. The summed E-state index contributed by atoms with van der Waals surface area (Å²) in [6.07, 6.45) is 0. The van der Waals surface area contributed by atoms with Crippen LogP contribution in [-0.2, 0) is 6.61 Å². The molecule has 3 nitrogen and oxygen atoms in total. The van der Waals surface area contributed by atoms with E-state index in [2.05, 4.69) is 5.48 Å². The fraction of sp³-hybridized carbons (Fsp3) is 0.200. The molecule has 2 rings (SSSR count). The Hall–Kier alpha value is -1.84. The first-order chi connectivity index (χ1) is 8.79. The van der Waals surface area contributed by atoms with Gasteiger partial charge in [0, 0.05) is 0 Å². The summed E-state index contributed by atoms with van der Waals surface area (Å²) in [5.74, 6) is 0.827. The zero-order valence-corrected chi connectivity index (χ0v) is 10.3. The van der Waals surface area contributed by atoms with Crippen LogP contribution in [0.1, 0.15) is 24.1 Å². The molecule has 0 saturated heterocycles. The first-order valence-electron chi connectivity index (χ1n) is 5.96. The Kier molecular flexibility index (Phi) is 4.34. The van der Waals surface area contributed by atoms with Crippen LogP contribution in [0.4, 0.5) is 0 Å². The van der Waals surface area contributed by atoms with E-state index in [0.717, 1.165) is 16.9 Å². The summed E-state index contributed by atoms with van der Waals surface area (Å²) in [5, 5.41) is 8.83. The van der Waals surface area contributed by atoms with Crippen molar-refractivity contribution in [1.29, 1.82) is 0 Å². The minimum Gasteiger partial charge on any atom is -0.489 e. The van der Waals surface area contributed by atoms with Crippen molar-refractivity contribution in [2.45, 2.75) is 19.6 Å². The van der Waals surface area contributed by atoms with Crippen LogP contribution in [0.5, 0.6) is 5.75 Å². The molecule has 2 aromatic carbocycles. The zero-order valence-electron chi connectivity index (χ0n) is 10.3. The van der Waals surface area contributed by atoms with E-state index in [1.165, 1.54) is 0 Å². The summed E-state index contributed by atoms with van der Waals surface area (Å²) in [6.45, 7) is 2.45. The molecule has 0 aliphatic carbocycles. The molecule has 1 atom stereocenters. The Labute approximate surface area is 107 Å². The van der Waals surface area contributed by atoms with Crippen molar-refractivity contribution in [1.82, 2.24) is 5.48 Å². The Morgan fingerprint density at radius 1 is 1.06 bits per heavy atom. The van der Waals surface area contributed by atoms with E-state index in [1.807, 2.05) is 61.5 Å². The minimum atomic E-state index is -0.0758. The van der Waals surface area contributed by atoms with Gasteiger partial charge in [0.15, 0.2) is 0 Å². The van der Waals surface area contributed by atoms with Crippen LogP contribution in [0.15, 0.2) is 54.6 Å². The second-order valence-electron chi connectivity index (χ2n) is 4.19. The van der Waals surface area contributed by atoms with Gasteiger partial charge >= 0.3 is 0 Å². The molecule has 0 bridgehead atoms. The molecule has 0 aliphatic rings. The van der Waals surface area contributed by atoms with Gasteiger partial charge in [-0.15, -0.1) is 0 Å². The SMILES string of the molecule is CC(NO)c1ccc(OCc2ccccc2)cc1. The highest BCUT2D eigenvalue weighted by atomic mass is 16.5. The lowest BCUT2D eigenvalue weighted by Gasteiger charge is -2.11. The molecule has 0 heterocycles. The number of ether oxygens (including phenoxy) is 1. The molecule has 0 aliphatic heterocycles. The molecule has 3 heteroatoms. The predicted octanol–water partition coefficient (Wildman–Crippen LogP) is 3.31. The molecule has 0 radical (unpaired) electrons. The van der Waals surface area contributed by atoms with Crippen LogP contribution < -0.4 is 10.2 Å². The highest BCUT2D eigenvalue weighted by Crippen LogP contribution is 2.18. The average Bonchev–Trinajstić information content (AvgIpc) is 2.46. The van der Waals surface area contributed by atoms with Gasteiger partial charge in [-0.1, -0.05) is 42.5 Å². The first-order valence-corrected chi connectivity index (χ1v) is 5.96. The Morgan fingerprint density at radius 3 is 2.33 bits per heavy atom. The highest BCUT2D eigenvalue weighted by Gasteiger charge is 2.03. The third-order valence-corrected chi connectivity index (χ3v) is 2.82. The summed E-state index contributed by atoms with van der Waals surface area (Å²) in [4.78, 5) is 0. The van der Waals surface area contributed by atoms with Crippen molar-refractivity contribution >= 4 is 0 Å². The predicted molar refractivity (Wildman–Crippen MR) is 70.6 cm³/mol. The fourth-order valence-electron chi connectivity index (χ4n) is 1.67. The lowest BCUT2D eigenvalue weighted by atomic mass is 10.1. The van der Waals surface area contributed by atoms with Gasteiger partial charge in [-0.25, -0.2) is 0 Å². The van der Waals surface area contributed by atoms with Crippen molar-refractivity contribution in [3.05, 3.63) is 65.7 Å². The van der Waals surface area contributed by atoms with Crippen LogP contribution in [0, 0.1) is 0 Å². The molecular formula is C15H17NO2. The molecule has 0 aromatic heterocycles. The second kappa shape index (κ2) is 6.19. The number of hydrogen-bond donors (Lipinski definition) is 2. The lowest BCUT2D eigenvalue weighted by Crippen LogP contribution is -2.12. The number of hydrogen-bond acceptors (Lipinski definition) is 3. The van der Waals surface area contributed by atoms with Gasteiger partial charge in [0.25, 0.3) is 0 Å². The van der Waals surface area contributed by atoms with Gasteiger partial charge in [0.05, 0.1) is 6.04 Å². The molecule has 1 unspecified atom stereocenters. The molecule has 94 valence electrons. The largest absolute Gasteiger partial charge is 0.489 e. The molecule has 2 N–H and O–H groups in total. The van der Waals surface area contributed by atoms with E-state index in [-0.39, 0.29) is 6.04 Å². The van der Waals surface area contributed by atoms with E-state index >= 15 is 0 Å². The quantitative estimate of drug-likeness (QED) is 0.792. The Morgan fingerprint density at radius 2 is 1.72 bits per heavy atom. The van der Waals surface area contributed by atoms with Crippen LogP contribution in [0.25, 0.3) is 0 Å². The first kappa shape index (κ1) is 12.6. The monoisotopic (exact) mass is 243 g/mol. The molecule has 0 fully saturated rings. The summed E-state index contributed by atoms with van der Waals surface area (Å²) in [7, 11) is 0. The molecule has 0 spiro atoms.